The summed E-state index contributed by atoms with van der Waals surface area (Å²) in [6.45, 7) is 16.7. The minimum atomic E-state index is 0.0226. The Labute approximate surface area is 170 Å². The SMILES string of the molecule is CNCCC1C(C)C(C(C)CC(CCNC)(CC(C)C)OC)C1CC(C)C. The van der Waals surface area contributed by atoms with Gasteiger partial charge in [0.05, 0.1) is 5.60 Å². The molecule has 2 N–H and O–H groups in total. The third-order valence-corrected chi connectivity index (χ3v) is 7.19. The first-order valence-corrected chi connectivity index (χ1v) is 11.6. The summed E-state index contributed by atoms with van der Waals surface area (Å²) in [5.41, 5.74) is 0.0226. The van der Waals surface area contributed by atoms with Crippen LogP contribution in [0.4, 0.5) is 0 Å². The van der Waals surface area contributed by atoms with Crippen molar-refractivity contribution in [1.29, 1.82) is 0 Å². The van der Waals surface area contributed by atoms with E-state index in [4.69, 9.17) is 4.74 Å². The minimum absolute atomic E-state index is 0.0226. The van der Waals surface area contributed by atoms with Gasteiger partial charge in [-0.2, -0.15) is 0 Å². The molecule has 1 fully saturated rings. The fourth-order valence-electron chi connectivity index (χ4n) is 6.19. The van der Waals surface area contributed by atoms with Gasteiger partial charge in [-0.05, 0) is 101 Å². The zero-order chi connectivity index (χ0) is 20.6. The van der Waals surface area contributed by atoms with E-state index in [2.05, 4.69) is 66.3 Å². The molecule has 0 amide bonds. The van der Waals surface area contributed by atoms with Crippen molar-refractivity contribution in [3.05, 3.63) is 0 Å². The normalized spacial score (nSPS) is 29.0. The van der Waals surface area contributed by atoms with Gasteiger partial charge in [-0.3, -0.25) is 0 Å². The van der Waals surface area contributed by atoms with E-state index in [0.29, 0.717) is 5.92 Å². The highest BCUT2D eigenvalue weighted by molar-refractivity contribution is 4.99. The third-order valence-electron chi connectivity index (χ3n) is 7.19. The van der Waals surface area contributed by atoms with Crippen LogP contribution in [-0.4, -0.2) is 39.9 Å². The number of methoxy groups -OCH3 is 1. The minimum Gasteiger partial charge on any atom is -0.378 e. The van der Waals surface area contributed by atoms with Crippen molar-refractivity contribution in [2.45, 2.75) is 79.2 Å². The fraction of sp³-hybridized carbons (Fsp3) is 1.00. The summed E-state index contributed by atoms with van der Waals surface area (Å²) >= 11 is 0. The zero-order valence-corrected chi connectivity index (χ0v) is 19.9. The molecule has 0 aliphatic heterocycles. The molecule has 3 heteroatoms. The summed E-state index contributed by atoms with van der Waals surface area (Å²) in [5, 5.41) is 6.72. The molecule has 1 rings (SSSR count). The van der Waals surface area contributed by atoms with Crippen LogP contribution in [-0.2, 0) is 4.74 Å². The Kier molecular flexibility index (Phi) is 10.9. The number of rotatable bonds is 14. The van der Waals surface area contributed by atoms with Gasteiger partial charge in [0.15, 0.2) is 0 Å². The molecule has 0 heterocycles. The number of hydrogen-bond acceptors (Lipinski definition) is 3. The molecule has 0 bridgehead atoms. The molecule has 0 aromatic rings. The fourth-order valence-corrected chi connectivity index (χ4v) is 6.19. The van der Waals surface area contributed by atoms with Crippen molar-refractivity contribution in [2.24, 2.45) is 41.4 Å². The molecule has 0 saturated heterocycles. The molecule has 0 aromatic heterocycles. The number of hydrogen-bond donors (Lipinski definition) is 2. The first-order valence-electron chi connectivity index (χ1n) is 11.6. The van der Waals surface area contributed by atoms with Crippen molar-refractivity contribution in [2.75, 3.05) is 34.3 Å². The maximum absolute atomic E-state index is 6.23. The smallest absolute Gasteiger partial charge is 0.0696 e. The molecule has 1 aliphatic carbocycles. The van der Waals surface area contributed by atoms with Gasteiger partial charge >= 0.3 is 0 Å². The molecule has 3 nitrogen and oxygen atoms in total. The Morgan fingerprint density at radius 2 is 1.52 bits per heavy atom. The van der Waals surface area contributed by atoms with Crippen molar-refractivity contribution in [1.82, 2.24) is 10.6 Å². The van der Waals surface area contributed by atoms with Gasteiger partial charge in [-0.1, -0.05) is 41.5 Å². The van der Waals surface area contributed by atoms with Crippen LogP contribution in [0.1, 0.15) is 73.6 Å². The van der Waals surface area contributed by atoms with E-state index in [1.165, 1.54) is 19.3 Å². The monoisotopic (exact) mass is 382 g/mol. The molecule has 6 atom stereocenters. The lowest BCUT2D eigenvalue weighted by Crippen LogP contribution is -2.51. The van der Waals surface area contributed by atoms with E-state index < -0.39 is 0 Å². The molecular formula is C24H50N2O. The van der Waals surface area contributed by atoms with E-state index >= 15 is 0 Å². The van der Waals surface area contributed by atoms with Crippen LogP contribution in [0.25, 0.3) is 0 Å². The van der Waals surface area contributed by atoms with Gasteiger partial charge in [0.25, 0.3) is 0 Å². The molecule has 1 aliphatic rings. The summed E-state index contributed by atoms with van der Waals surface area (Å²) < 4.78 is 6.23. The maximum Gasteiger partial charge on any atom is 0.0696 e. The van der Waals surface area contributed by atoms with Gasteiger partial charge in [-0.25, -0.2) is 0 Å². The first-order chi connectivity index (χ1) is 12.7. The molecule has 27 heavy (non-hydrogen) atoms. The first kappa shape index (κ1) is 24.9. The van der Waals surface area contributed by atoms with E-state index in [1.54, 1.807) is 0 Å². The highest BCUT2D eigenvalue weighted by atomic mass is 16.5. The van der Waals surface area contributed by atoms with E-state index in [1.807, 2.05) is 7.11 Å². The zero-order valence-electron chi connectivity index (χ0n) is 19.9. The summed E-state index contributed by atoms with van der Waals surface area (Å²) in [6.07, 6.45) is 6.19. The second kappa shape index (κ2) is 11.8. The highest BCUT2D eigenvalue weighted by Crippen LogP contribution is 2.55. The van der Waals surface area contributed by atoms with Gasteiger partial charge < -0.3 is 15.4 Å². The largest absolute Gasteiger partial charge is 0.378 e. The van der Waals surface area contributed by atoms with Crippen molar-refractivity contribution in [3.63, 3.8) is 0 Å². The van der Waals surface area contributed by atoms with Crippen LogP contribution in [0.15, 0.2) is 0 Å². The molecule has 0 radical (unpaired) electrons. The van der Waals surface area contributed by atoms with Crippen LogP contribution >= 0.6 is 0 Å². The van der Waals surface area contributed by atoms with Crippen molar-refractivity contribution < 1.29 is 4.74 Å². The average Bonchev–Trinajstić information content (AvgIpc) is 2.58. The average molecular weight is 383 g/mol. The second-order valence-electron chi connectivity index (χ2n) is 10.3. The molecule has 1 saturated carbocycles. The summed E-state index contributed by atoms with van der Waals surface area (Å²) in [5.74, 6) is 5.67. The van der Waals surface area contributed by atoms with Gasteiger partial charge in [0, 0.05) is 7.11 Å². The summed E-state index contributed by atoms with van der Waals surface area (Å²) in [6, 6.07) is 0. The predicted molar refractivity (Wildman–Crippen MR) is 119 cm³/mol. The Hall–Kier alpha value is -0.120. The second-order valence-corrected chi connectivity index (χ2v) is 10.3. The predicted octanol–water partition coefficient (Wildman–Crippen LogP) is 5.21. The quantitative estimate of drug-likeness (QED) is 0.433. The van der Waals surface area contributed by atoms with Gasteiger partial charge in [0.1, 0.15) is 0 Å². The Morgan fingerprint density at radius 3 is 2.00 bits per heavy atom. The van der Waals surface area contributed by atoms with E-state index in [-0.39, 0.29) is 5.60 Å². The topological polar surface area (TPSA) is 33.3 Å². The summed E-state index contributed by atoms with van der Waals surface area (Å²) in [4.78, 5) is 0. The maximum atomic E-state index is 6.23. The Balaban J connectivity index is 2.89. The molecule has 162 valence electrons. The Morgan fingerprint density at radius 1 is 0.889 bits per heavy atom. The van der Waals surface area contributed by atoms with Gasteiger partial charge in [-0.15, -0.1) is 0 Å². The standard InChI is InChI=1S/C24H50N2O/c1-17(2)14-22-21(10-12-25-7)20(6)23(22)19(5)16-24(27-9,11-13-26-8)15-18(3)4/h17-23,25-26H,10-16H2,1-9H3. The van der Waals surface area contributed by atoms with Crippen LogP contribution in [0.2, 0.25) is 0 Å². The van der Waals surface area contributed by atoms with Crippen molar-refractivity contribution in [3.8, 4) is 0 Å². The third kappa shape index (κ3) is 7.01. The summed E-state index contributed by atoms with van der Waals surface area (Å²) in [7, 11) is 6.08. The molecule has 6 unspecified atom stereocenters. The van der Waals surface area contributed by atoms with Crippen molar-refractivity contribution >= 4 is 0 Å². The Bertz CT molecular complexity index is 398. The van der Waals surface area contributed by atoms with E-state index in [9.17, 15) is 0 Å². The molecular weight excluding hydrogens is 332 g/mol. The lowest BCUT2D eigenvalue weighted by atomic mass is 9.50. The van der Waals surface area contributed by atoms with E-state index in [0.717, 1.165) is 61.4 Å². The number of ether oxygens (including phenoxy) is 1. The van der Waals surface area contributed by atoms with Gasteiger partial charge in [0.2, 0.25) is 0 Å². The number of nitrogens with one attached hydrogen (secondary N) is 2. The lowest BCUT2D eigenvalue weighted by Gasteiger charge is -2.56. The van der Waals surface area contributed by atoms with Crippen LogP contribution in [0.5, 0.6) is 0 Å². The lowest BCUT2D eigenvalue weighted by molar-refractivity contribution is -0.102. The van der Waals surface area contributed by atoms with Crippen LogP contribution < -0.4 is 10.6 Å². The van der Waals surface area contributed by atoms with Crippen LogP contribution in [0.3, 0.4) is 0 Å². The van der Waals surface area contributed by atoms with Crippen LogP contribution in [0, 0.1) is 41.4 Å². The molecule has 0 spiro atoms. The molecule has 0 aromatic carbocycles. The highest BCUT2D eigenvalue weighted by Gasteiger charge is 2.50.